The molecule has 3 rings (SSSR count). The van der Waals surface area contributed by atoms with Crippen LogP contribution in [0.3, 0.4) is 0 Å². The summed E-state index contributed by atoms with van der Waals surface area (Å²) in [5.74, 6) is -1.09. The first-order chi connectivity index (χ1) is 14.1. The molecular weight excluding hydrogens is 430 g/mol. The minimum Gasteiger partial charge on any atom is -0.506 e. The number of benzene rings is 1. The monoisotopic (exact) mass is 455 g/mol. The first kappa shape index (κ1) is 22.3. The van der Waals surface area contributed by atoms with Crippen LogP contribution >= 0.6 is 0 Å². The molecule has 0 bridgehead atoms. The maximum atomic E-state index is 12.9. The van der Waals surface area contributed by atoms with E-state index in [9.17, 15) is 26.7 Å². The molecule has 0 atom stereocenters. The Morgan fingerprint density at radius 3 is 2.37 bits per heavy atom. The molecule has 164 valence electrons. The maximum absolute atomic E-state index is 12.9. The molecule has 1 fully saturated rings. The number of nitrogens with zero attached hydrogens (tertiary/aromatic N) is 2. The highest BCUT2D eigenvalue weighted by molar-refractivity contribution is 7.91. The molecule has 0 aliphatic carbocycles. The summed E-state index contributed by atoms with van der Waals surface area (Å²) >= 11 is 0. The van der Waals surface area contributed by atoms with Gasteiger partial charge in [-0.05, 0) is 37.1 Å². The number of phenolic OH excluding ortho intramolecular Hbond substituents is 1. The van der Waals surface area contributed by atoms with E-state index in [4.69, 9.17) is 0 Å². The minimum absolute atomic E-state index is 0.0172. The molecule has 1 aromatic heterocycles. The zero-order chi connectivity index (χ0) is 22.1. The van der Waals surface area contributed by atoms with Crippen LogP contribution in [-0.2, 0) is 26.9 Å². The first-order valence-corrected chi connectivity index (χ1v) is 12.7. The predicted molar refractivity (Wildman–Crippen MR) is 112 cm³/mol. The number of hydrogen-bond acceptors (Lipinski definition) is 6. The van der Waals surface area contributed by atoms with Crippen molar-refractivity contribution >= 4 is 31.5 Å². The number of sulfonamides is 1. The Morgan fingerprint density at radius 2 is 1.73 bits per heavy atom. The number of amides is 1. The van der Waals surface area contributed by atoms with Gasteiger partial charge < -0.3 is 15.0 Å². The minimum atomic E-state index is -3.70. The number of nitrogens with one attached hydrogen (secondary N) is 1. The molecule has 9 nitrogen and oxygen atoms in total. The lowest BCUT2D eigenvalue weighted by atomic mass is 10.2. The van der Waals surface area contributed by atoms with Gasteiger partial charge >= 0.3 is 0 Å². The van der Waals surface area contributed by atoms with Gasteiger partial charge in [-0.3, -0.25) is 4.79 Å². The molecular formula is C19H25N3O6S2. The first-order valence-electron chi connectivity index (χ1n) is 9.60. The molecule has 0 spiro atoms. The van der Waals surface area contributed by atoms with Crippen molar-refractivity contribution in [3.63, 3.8) is 0 Å². The number of aryl methyl sites for hydroxylation is 1. The molecule has 1 amide bonds. The van der Waals surface area contributed by atoms with Crippen molar-refractivity contribution in [2.24, 2.45) is 7.05 Å². The second kappa shape index (κ2) is 8.40. The van der Waals surface area contributed by atoms with Gasteiger partial charge in [-0.1, -0.05) is 13.3 Å². The van der Waals surface area contributed by atoms with E-state index in [1.807, 2.05) is 0 Å². The van der Waals surface area contributed by atoms with Crippen LogP contribution in [0.4, 0.5) is 5.69 Å². The van der Waals surface area contributed by atoms with E-state index < -0.39 is 25.8 Å². The number of sulfone groups is 1. The second-order valence-electron chi connectivity index (χ2n) is 7.17. The fourth-order valence-electron chi connectivity index (χ4n) is 3.32. The predicted octanol–water partition coefficient (Wildman–Crippen LogP) is 1.95. The van der Waals surface area contributed by atoms with Gasteiger partial charge in [-0.25, -0.2) is 16.8 Å². The zero-order valence-electron chi connectivity index (χ0n) is 16.8. The third-order valence-electron chi connectivity index (χ3n) is 5.12. The Labute approximate surface area is 176 Å². The summed E-state index contributed by atoms with van der Waals surface area (Å²) in [5, 5.41) is 12.5. The van der Waals surface area contributed by atoms with Crippen molar-refractivity contribution in [1.82, 2.24) is 8.87 Å². The third kappa shape index (κ3) is 4.37. The van der Waals surface area contributed by atoms with Gasteiger partial charge in [0.1, 0.15) is 16.3 Å². The number of piperidine rings is 1. The number of anilines is 1. The molecule has 2 aromatic rings. The molecule has 2 N–H and O–H groups in total. The maximum Gasteiger partial charge on any atom is 0.272 e. The lowest BCUT2D eigenvalue weighted by molar-refractivity contribution is 0.101. The average Bonchev–Trinajstić information content (AvgIpc) is 3.12. The highest BCUT2D eigenvalue weighted by Crippen LogP contribution is 2.28. The molecule has 1 saturated heterocycles. The lowest BCUT2D eigenvalue weighted by Crippen LogP contribution is -2.35. The highest BCUT2D eigenvalue weighted by atomic mass is 32.2. The molecule has 11 heteroatoms. The SMILES string of the molecule is CCS(=O)(=O)c1ccc(O)c(NC(=O)c2cc(S(=O)(=O)N3CCCCC3)cn2C)c1. The number of hydrogen-bond donors (Lipinski definition) is 2. The molecule has 2 heterocycles. The van der Waals surface area contributed by atoms with Crippen molar-refractivity contribution in [3.8, 4) is 5.75 Å². The number of aromatic hydroxyl groups is 1. The van der Waals surface area contributed by atoms with Crippen LogP contribution in [0.1, 0.15) is 36.7 Å². The van der Waals surface area contributed by atoms with Crippen LogP contribution in [0, 0.1) is 0 Å². The van der Waals surface area contributed by atoms with Gasteiger partial charge in [0.05, 0.1) is 16.3 Å². The van der Waals surface area contributed by atoms with Gasteiger partial charge in [0.15, 0.2) is 9.84 Å². The lowest BCUT2D eigenvalue weighted by Gasteiger charge is -2.25. The van der Waals surface area contributed by atoms with Crippen molar-refractivity contribution in [3.05, 3.63) is 36.2 Å². The van der Waals surface area contributed by atoms with Crippen LogP contribution < -0.4 is 5.32 Å². The van der Waals surface area contributed by atoms with Crippen LogP contribution in [0.5, 0.6) is 5.75 Å². The van der Waals surface area contributed by atoms with E-state index in [0.717, 1.165) is 19.3 Å². The van der Waals surface area contributed by atoms with Crippen LogP contribution in [-0.4, -0.2) is 55.6 Å². The third-order valence-corrected chi connectivity index (χ3v) is 8.72. The summed E-state index contributed by atoms with van der Waals surface area (Å²) in [6.07, 6.45) is 3.97. The van der Waals surface area contributed by atoms with Gasteiger partial charge in [0, 0.05) is 26.3 Å². The van der Waals surface area contributed by atoms with Gasteiger partial charge in [0.2, 0.25) is 10.0 Å². The van der Waals surface area contributed by atoms with Gasteiger partial charge in [0.25, 0.3) is 5.91 Å². The molecule has 30 heavy (non-hydrogen) atoms. The topological polar surface area (TPSA) is 126 Å². The van der Waals surface area contributed by atoms with Crippen molar-refractivity contribution < 1.29 is 26.7 Å². The fourth-order valence-corrected chi connectivity index (χ4v) is 5.81. The summed E-state index contributed by atoms with van der Waals surface area (Å²) in [6.45, 7) is 2.39. The van der Waals surface area contributed by atoms with E-state index in [0.29, 0.717) is 13.1 Å². The standard InChI is InChI=1S/C19H25N3O6S2/c1-3-29(25,26)14-7-8-18(23)16(11-14)20-19(24)17-12-15(13-21(17)2)30(27,28)22-9-5-4-6-10-22/h7-8,11-13,23H,3-6,9-10H2,1-2H3,(H,20,24). The Bertz CT molecular complexity index is 1160. The number of phenols is 1. The number of rotatable bonds is 6. The van der Waals surface area contributed by atoms with Crippen molar-refractivity contribution in [1.29, 1.82) is 0 Å². The second-order valence-corrected chi connectivity index (χ2v) is 11.4. The van der Waals surface area contributed by atoms with E-state index in [1.54, 1.807) is 7.05 Å². The zero-order valence-corrected chi connectivity index (χ0v) is 18.5. The Kier molecular flexibility index (Phi) is 6.25. The normalized spacial score (nSPS) is 15.8. The van der Waals surface area contributed by atoms with Crippen LogP contribution in [0.2, 0.25) is 0 Å². The summed E-state index contributed by atoms with van der Waals surface area (Å²) < 4.78 is 52.6. The highest BCUT2D eigenvalue weighted by Gasteiger charge is 2.28. The molecule has 0 unspecified atom stereocenters. The van der Waals surface area contributed by atoms with Gasteiger partial charge in [-0.2, -0.15) is 4.31 Å². The molecule has 0 radical (unpaired) electrons. The quantitative estimate of drug-likeness (QED) is 0.641. The Hall–Kier alpha value is -2.37. The number of carbonyl (C=O) groups is 1. The molecule has 1 aliphatic heterocycles. The number of carbonyl (C=O) groups excluding carboxylic acids is 1. The smallest absolute Gasteiger partial charge is 0.272 e. The number of aromatic nitrogens is 1. The fraction of sp³-hybridized carbons (Fsp3) is 0.421. The Morgan fingerprint density at radius 1 is 1.07 bits per heavy atom. The van der Waals surface area contributed by atoms with Crippen molar-refractivity contribution in [2.75, 3.05) is 24.2 Å². The van der Waals surface area contributed by atoms with E-state index >= 15 is 0 Å². The van der Waals surface area contributed by atoms with Gasteiger partial charge in [-0.15, -0.1) is 0 Å². The Balaban J connectivity index is 1.88. The van der Waals surface area contributed by atoms with Crippen molar-refractivity contribution in [2.45, 2.75) is 36.0 Å². The van der Waals surface area contributed by atoms with E-state index in [2.05, 4.69) is 5.32 Å². The summed E-state index contributed by atoms with van der Waals surface area (Å²) in [5.41, 5.74) is -0.00935. The summed E-state index contributed by atoms with van der Waals surface area (Å²) in [7, 11) is -5.69. The molecule has 1 aliphatic rings. The summed E-state index contributed by atoms with van der Waals surface area (Å²) in [6, 6.07) is 4.91. The molecule has 1 aromatic carbocycles. The van der Waals surface area contributed by atoms with Crippen LogP contribution in [0.15, 0.2) is 40.3 Å². The van der Waals surface area contributed by atoms with E-state index in [-0.39, 0.29) is 32.7 Å². The molecule has 0 saturated carbocycles. The largest absolute Gasteiger partial charge is 0.506 e. The van der Waals surface area contributed by atoms with E-state index in [1.165, 1.54) is 46.3 Å². The van der Waals surface area contributed by atoms with Crippen LogP contribution in [0.25, 0.3) is 0 Å². The average molecular weight is 456 g/mol. The summed E-state index contributed by atoms with van der Waals surface area (Å²) in [4.78, 5) is 12.7.